The van der Waals surface area contributed by atoms with Crippen molar-refractivity contribution in [2.24, 2.45) is 0 Å². The van der Waals surface area contributed by atoms with Crippen LogP contribution in [0.15, 0.2) is 35.2 Å². The Morgan fingerprint density at radius 3 is 2.72 bits per heavy atom. The summed E-state index contributed by atoms with van der Waals surface area (Å²) in [4.78, 5) is 26.9. The molecule has 1 saturated heterocycles. The molecule has 2 heterocycles. The minimum absolute atomic E-state index is 0.0165. The van der Waals surface area contributed by atoms with Crippen LogP contribution in [0.4, 0.5) is 4.79 Å². The zero-order chi connectivity index (χ0) is 22.7. The summed E-state index contributed by atoms with van der Waals surface area (Å²) < 4.78 is 21.6. The molecule has 2 aliphatic rings. The predicted octanol–water partition coefficient (Wildman–Crippen LogP) is 4.61. The molecular formula is C22H17ClN2O6S. The van der Waals surface area contributed by atoms with Gasteiger partial charge in [-0.2, -0.15) is 5.26 Å². The molecule has 8 nitrogen and oxygen atoms in total. The predicted molar refractivity (Wildman–Crippen MR) is 118 cm³/mol. The van der Waals surface area contributed by atoms with Gasteiger partial charge in [0.15, 0.2) is 29.6 Å². The van der Waals surface area contributed by atoms with Gasteiger partial charge in [0.05, 0.1) is 18.1 Å². The number of halogens is 1. The minimum Gasteiger partial charge on any atom is -0.490 e. The van der Waals surface area contributed by atoms with E-state index < -0.39 is 11.1 Å². The maximum absolute atomic E-state index is 12.9. The third-order valence-electron chi connectivity index (χ3n) is 4.60. The van der Waals surface area contributed by atoms with Crippen LogP contribution < -0.4 is 18.9 Å². The summed E-state index contributed by atoms with van der Waals surface area (Å²) in [5, 5.41) is 8.70. The first-order chi connectivity index (χ1) is 15.5. The van der Waals surface area contributed by atoms with E-state index in [0.717, 1.165) is 16.7 Å². The quantitative estimate of drug-likeness (QED) is 0.539. The summed E-state index contributed by atoms with van der Waals surface area (Å²) in [5.41, 5.74) is 1.24. The number of benzene rings is 2. The highest BCUT2D eigenvalue weighted by Gasteiger charge is 2.35. The molecule has 2 aromatic carbocycles. The Labute approximate surface area is 193 Å². The Bertz CT molecular complexity index is 1160. The second kappa shape index (κ2) is 9.42. The van der Waals surface area contributed by atoms with Crippen molar-refractivity contribution in [1.82, 2.24) is 4.90 Å². The molecule has 0 unspecified atom stereocenters. The molecule has 4 rings (SSSR count). The van der Waals surface area contributed by atoms with E-state index >= 15 is 0 Å². The van der Waals surface area contributed by atoms with Crippen molar-refractivity contribution < 1.29 is 28.5 Å². The number of carbonyl (C=O) groups is 2. The van der Waals surface area contributed by atoms with E-state index in [2.05, 4.69) is 0 Å². The Morgan fingerprint density at radius 2 is 1.97 bits per heavy atom. The van der Waals surface area contributed by atoms with Crippen LogP contribution in [0.3, 0.4) is 0 Å². The lowest BCUT2D eigenvalue weighted by atomic mass is 10.1. The monoisotopic (exact) mass is 472 g/mol. The van der Waals surface area contributed by atoms with Crippen LogP contribution in [-0.4, -0.2) is 36.1 Å². The lowest BCUT2D eigenvalue weighted by Gasteiger charge is -2.14. The summed E-state index contributed by atoms with van der Waals surface area (Å²) in [5.74, 6) is 1.50. The van der Waals surface area contributed by atoms with Crippen LogP contribution in [0.2, 0.25) is 5.02 Å². The average Bonchev–Trinajstić information content (AvgIpc) is 3.32. The smallest absolute Gasteiger partial charge is 0.293 e. The van der Waals surface area contributed by atoms with Crippen LogP contribution in [-0.2, 0) is 11.3 Å². The normalized spacial score (nSPS) is 15.9. The summed E-state index contributed by atoms with van der Waals surface area (Å²) in [7, 11) is 0. The second-order valence-electron chi connectivity index (χ2n) is 6.65. The molecule has 10 heteroatoms. The van der Waals surface area contributed by atoms with E-state index in [1.54, 1.807) is 36.4 Å². The van der Waals surface area contributed by atoms with E-state index in [1.165, 1.54) is 0 Å². The largest absolute Gasteiger partial charge is 0.490 e. The highest BCUT2D eigenvalue weighted by Crippen LogP contribution is 2.40. The van der Waals surface area contributed by atoms with Gasteiger partial charge >= 0.3 is 0 Å². The average molecular weight is 473 g/mol. The number of thioether (sulfide) groups is 1. The fourth-order valence-electron chi connectivity index (χ4n) is 3.15. The van der Waals surface area contributed by atoms with Gasteiger partial charge < -0.3 is 18.9 Å². The maximum atomic E-state index is 12.9. The number of imide groups is 1. The lowest BCUT2D eigenvalue weighted by molar-refractivity contribution is -0.123. The number of amides is 2. The molecule has 164 valence electrons. The van der Waals surface area contributed by atoms with Crippen LogP contribution in [0, 0.1) is 11.3 Å². The van der Waals surface area contributed by atoms with Gasteiger partial charge in [0, 0.05) is 11.1 Å². The van der Waals surface area contributed by atoms with Gasteiger partial charge in [-0.25, -0.2) is 0 Å². The van der Waals surface area contributed by atoms with Crippen molar-refractivity contribution >= 4 is 40.6 Å². The lowest BCUT2D eigenvalue weighted by Crippen LogP contribution is -2.27. The minimum atomic E-state index is -0.420. The topological polar surface area (TPSA) is 98.1 Å². The van der Waals surface area contributed by atoms with Crippen LogP contribution in [0.5, 0.6) is 23.0 Å². The van der Waals surface area contributed by atoms with Gasteiger partial charge in [0.2, 0.25) is 6.79 Å². The van der Waals surface area contributed by atoms with Gasteiger partial charge in [0.25, 0.3) is 11.1 Å². The first-order valence-corrected chi connectivity index (χ1v) is 10.8. The van der Waals surface area contributed by atoms with E-state index in [1.807, 2.05) is 13.0 Å². The first-order valence-electron chi connectivity index (χ1n) is 9.60. The Hall–Kier alpha value is -3.35. The van der Waals surface area contributed by atoms with Gasteiger partial charge in [0.1, 0.15) is 6.07 Å². The molecule has 0 saturated carbocycles. The molecule has 0 aliphatic carbocycles. The zero-order valence-corrected chi connectivity index (χ0v) is 18.5. The Kier molecular flexibility index (Phi) is 6.44. The Morgan fingerprint density at radius 1 is 1.19 bits per heavy atom. The summed E-state index contributed by atoms with van der Waals surface area (Å²) in [6, 6.07) is 10.3. The molecule has 2 amide bonds. The van der Waals surface area contributed by atoms with Gasteiger partial charge in [-0.3, -0.25) is 14.5 Å². The maximum Gasteiger partial charge on any atom is 0.293 e. The third kappa shape index (κ3) is 4.47. The van der Waals surface area contributed by atoms with E-state index in [0.29, 0.717) is 45.8 Å². The molecule has 2 aliphatic heterocycles. The molecule has 0 atom stereocenters. The number of fused-ring (bicyclic) bond motifs is 1. The zero-order valence-electron chi connectivity index (χ0n) is 16.9. The van der Waals surface area contributed by atoms with Crippen molar-refractivity contribution in [3.05, 3.63) is 51.4 Å². The standard InChI is InChI=1S/C22H17ClN2O6S/c1-2-28-17-7-13(3-4-16(17)29-6-5-24)8-20-21(26)25(22(27)32-20)11-14-9-18-19(10-15(14)23)31-12-30-18/h3-4,7-10H,2,6,11-12H2,1H3/b20-8-. The van der Waals surface area contributed by atoms with Gasteiger partial charge in [-0.15, -0.1) is 0 Å². The molecule has 0 radical (unpaired) electrons. The third-order valence-corrected chi connectivity index (χ3v) is 5.86. The first kappa shape index (κ1) is 21.9. The SMILES string of the molecule is CCOc1cc(/C=C2\SC(=O)N(Cc3cc4c(cc3Cl)OCO4)C2=O)ccc1OCC#N. The summed E-state index contributed by atoms with van der Waals surface area (Å²) in [6.07, 6.45) is 1.61. The number of hydrogen-bond donors (Lipinski definition) is 0. The summed E-state index contributed by atoms with van der Waals surface area (Å²) in [6.45, 7) is 2.24. The molecule has 0 spiro atoms. The highest BCUT2D eigenvalue weighted by atomic mass is 35.5. The van der Waals surface area contributed by atoms with Crippen molar-refractivity contribution in [2.45, 2.75) is 13.5 Å². The molecule has 32 heavy (non-hydrogen) atoms. The van der Waals surface area contributed by atoms with Gasteiger partial charge in [-0.1, -0.05) is 17.7 Å². The van der Waals surface area contributed by atoms with Crippen molar-refractivity contribution in [2.75, 3.05) is 20.0 Å². The van der Waals surface area contributed by atoms with E-state index in [9.17, 15) is 9.59 Å². The van der Waals surface area contributed by atoms with Crippen molar-refractivity contribution in [3.8, 4) is 29.1 Å². The van der Waals surface area contributed by atoms with Crippen LogP contribution in [0.1, 0.15) is 18.1 Å². The molecular weight excluding hydrogens is 456 g/mol. The van der Waals surface area contributed by atoms with Crippen LogP contribution >= 0.6 is 23.4 Å². The van der Waals surface area contributed by atoms with E-state index in [4.69, 9.17) is 35.8 Å². The molecule has 2 aromatic rings. The van der Waals surface area contributed by atoms with E-state index in [-0.39, 0.29) is 24.8 Å². The number of carbonyl (C=O) groups excluding carboxylic acids is 2. The number of nitrogens with zero attached hydrogens (tertiary/aromatic N) is 2. The molecule has 1 fully saturated rings. The second-order valence-corrected chi connectivity index (χ2v) is 8.05. The fourth-order valence-corrected chi connectivity index (χ4v) is 4.20. The molecule has 0 bridgehead atoms. The molecule has 0 N–H and O–H groups in total. The fraction of sp³-hybridized carbons (Fsp3) is 0.227. The Balaban J connectivity index is 1.55. The van der Waals surface area contributed by atoms with Crippen LogP contribution in [0.25, 0.3) is 6.08 Å². The van der Waals surface area contributed by atoms with Crippen molar-refractivity contribution in [3.63, 3.8) is 0 Å². The number of rotatable bonds is 7. The number of hydrogen-bond acceptors (Lipinski definition) is 8. The van der Waals surface area contributed by atoms with Gasteiger partial charge in [-0.05, 0) is 54.1 Å². The summed E-state index contributed by atoms with van der Waals surface area (Å²) >= 11 is 7.14. The highest BCUT2D eigenvalue weighted by molar-refractivity contribution is 8.18. The van der Waals surface area contributed by atoms with Crippen molar-refractivity contribution in [1.29, 1.82) is 5.26 Å². The number of nitriles is 1. The number of ether oxygens (including phenoxy) is 4. The molecule has 0 aromatic heterocycles.